The molecule has 0 unspecified atom stereocenters. The molecule has 6 heteroatoms. The van der Waals surface area contributed by atoms with Crippen molar-refractivity contribution in [2.45, 2.75) is 25.7 Å². The number of carbonyl (C=O) groups is 1. The Bertz CT molecular complexity index is 935. The Kier molecular flexibility index (Phi) is 7.32. The lowest BCUT2D eigenvalue weighted by Gasteiger charge is -2.35. The highest BCUT2D eigenvalue weighted by Crippen LogP contribution is 2.29. The Morgan fingerprint density at radius 1 is 0.900 bits per heavy atom. The van der Waals surface area contributed by atoms with Crippen molar-refractivity contribution in [2.24, 2.45) is 0 Å². The summed E-state index contributed by atoms with van der Waals surface area (Å²) in [5.74, 6) is 1.19. The third-order valence-corrected chi connectivity index (χ3v) is 6.57. The molecule has 30 heavy (non-hydrogen) atoms. The van der Waals surface area contributed by atoms with Crippen molar-refractivity contribution in [3.63, 3.8) is 0 Å². The van der Waals surface area contributed by atoms with E-state index in [-0.39, 0.29) is 5.91 Å². The summed E-state index contributed by atoms with van der Waals surface area (Å²) < 4.78 is 5.97. The zero-order valence-corrected chi connectivity index (χ0v) is 18.2. The summed E-state index contributed by atoms with van der Waals surface area (Å²) in [5.41, 5.74) is 0.738. The first-order chi connectivity index (χ1) is 14.8. The van der Waals surface area contributed by atoms with Gasteiger partial charge in [0.1, 0.15) is 5.82 Å². The Balaban J connectivity index is 1.08. The van der Waals surface area contributed by atoms with Crippen LogP contribution < -0.4 is 10.2 Å². The van der Waals surface area contributed by atoms with Crippen molar-refractivity contribution in [3.8, 4) is 0 Å². The second-order valence-corrected chi connectivity index (χ2v) is 8.67. The van der Waals surface area contributed by atoms with Crippen LogP contribution >= 0.6 is 11.5 Å². The molecule has 2 heterocycles. The highest BCUT2D eigenvalue weighted by atomic mass is 32.1. The van der Waals surface area contributed by atoms with Gasteiger partial charge in [0.2, 0.25) is 0 Å². The molecule has 5 nitrogen and oxygen atoms in total. The van der Waals surface area contributed by atoms with Crippen LogP contribution in [0, 0.1) is 0 Å². The maximum atomic E-state index is 12.0. The maximum absolute atomic E-state index is 12.0. The zero-order valence-electron chi connectivity index (χ0n) is 17.4. The van der Waals surface area contributed by atoms with Crippen LogP contribution in [0.15, 0.2) is 54.6 Å². The Morgan fingerprint density at radius 2 is 1.63 bits per heavy atom. The smallest absolute Gasteiger partial charge is 0.251 e. The monoisotopic (exact) mass is 422 g/mol. The van der Waals surface area contributed by atoms with Crippen molar-refractivity contribution < 1.29 is 4.79 Å². The Morgan fingerprint density at radius 3 is 2.47 bits per heavy atom. The summed E-state index contributed by atoms with van der Waals surface area (Å²) in [6.45, 7) is 6.26. The minimum Gasteiger partial charge on any atom is -0.353 e. The van der Waals surface area contributed by atoms with E-state index in [0.29, 0.717) is 0 Å². The fourth-order valence-corrected chi connectivity index (χ4v) is 4.79. The fourth-order valence-electron chi connectivity index (χ4n) is 3.99. The van der Waals surface area contributed by atoms with Crippen molar-refractivity contribution in [1.29, 1.82) is 0 Å². The third-order valence-electron chi connectivity index (χ3n) is 5.75. The number of benzene rings is 2. The number of aromatic nitrogens is 1. The van der Waals surface area contributed by atoms with Gasteiger partial charge in [0.15, 0.2) is 0 Å². The van der Waals surface area contributed by atoms with Crippen LogP contribution in [0.5, 0.6) is 0 Å². The van der Waals surface area contributed by atoms with Gasteiger partial charge < -0.3 is 10.2 Å². The quantitative estimate of drug-likeness (QED) is 0.519. The number of piperazine rings is 1. The molecule has 158 valence electrons. The standard InChI is InChI=1S/C24H30N4OS/c29-24(20-10-4-3-5-11-20)25-14-8-1-2-9-15-27-16-18-28(19-17-27)23-21-12-6-7-13-22(21)30-26-23/h3-7,10-13H,1-2,8-9,14-19H2,(H,25,29). The van der Waals surface area contributed by atoms with Crippen LogP contribution in [0.25, 0.3) is 10.1 Å². The van der Waals surface area contributed by atoms with Gasteiger partial charge in [-0.25, -0.2) is 0 Å². The van der Waals surface area contributed by atoms with Gasteiger partial charge >= 0.3 is 0 Å². The van der Waals surface area contributed by atoms with Crippen LogP contribution in [0.4, 0.5) is 5.82 Å². The average Bonchev–Trinajstić information content (AvgIpc) is 3.23. The second-order valence-electron chi connectivity index (χ2n) is 7.87. The minimum absolute atomic E-state index is 0.0290. The molecule has 0 spiro atoms. The number of hydrogen-bond acceptors (Lipinski definition) is 5. The molecule has 1 amide bonds. The van der Waals surface area contributed by atoms with Gasteiger partial charge in [0.05, 0.1) is 4.70 Å². The molecular weight excluding hydrogens is 392 g/mol. The number of rotatable bonds is 9. The normalized spacial score (nSPS) is 14.9. The van der Waals surface area contributed by atoms with Gasteiger partial charge in [0.25, 0.3) is 5.91 Å². The molecule has 0 saturated carbocycles. The van der Waals surface area contributed by atoms with E-state index in [0.717, 1.165) is 50.5 Å². The highest BCUT2D eigenvalue weighted by Gasteiger charge is 2.20. The van der Waals surface area contributed by atoms with Gasteiger partial charge in [0, 0.05) is 43.7 Å². The van der Waals surface area contributed by atoms with E-state index < -0.39 is 0 Å². The molecule has 1 N–H and O–H groups in total. The SMILES string of the molecule is O=C(NCCCCCCN1CCN(c2nsc3ccccc23)CC1)c1ccccc1. The van der Waals surface area contributed by atoms with Crippen LogP contribution in [-0.4, -0.2) is 54.4 Å². The fraction of sp³-hybridized carbons (Fsp3) is 0.417. The summed E-state index contributed by atoms with van der Waals surface area (Å²) in [6.07, 6.45) is 4.66. The summed E-state index contributed by atoms with van der Waals surface area (Å²) in [6, 6.07) is 17.9. The van der Waals surface area contributed by atoms with Gasteiger partial charge in [-0.15, -0.1) is 0 Å². The van der Waals surface area contributed by atoms with Crippen LogP contribution in [-0.2, 0) is 0 Å². The number of nitrogens with zero attached hydrogens (tertiary/aromatic N) is 3. The first-order valence-electron chi connectivity index (χ1n) is 11.0. The highest BCUT2D eigenvalue weighted by molar-refractivity contribution is 7.13. The van der Waals surface area contributed by atoms with E-state index in [1.165, 1.54) is 35.9 Å². The third kappa shape index (κ3) is 5.37. The van der Waals surface area contributed by atoms with E-state index in [9.17, 15) is 4.79 Å². The maximum Gasteiger partial charge on any atom is 0.251 e. The Hall–Kier alpha value is -2.44. The predicted octanol–water partition coefficient (Wildman–Crippen LogP) is 4.41. The lowest BCUT2D eigenvalue weighted by molar-refractivity contribution is 0.0953. The molecule has 1 aliphatic rings. The van der Waals surface area contributed by atoms with Gasteiger partial charge in [-0.3, -0.25) is 9.69 Å². The number of anilines is 1. The van der Waals surface area contributed by atoms with Gasteiger partial charge in [-0.2, -0.15) is 4.37 Å². The molecular formula is C24H30N4OS. The molecule has 3 aromatic rings. The lowest BCUT2D eigenvalue weighted by atomic mass is 10.1. The average molecular weight is 423 g/mol. The predicted molar refractivity (Wildman–Crippen MR) is 126 cm³/mol. The summed E-state index contributed by atoms with van der Waals surface area (Å²) in [4.78, 5) is 17.0. The number of nitrogens with one attached hydrogen (secondary N) is 1. The topological polar surface area (TPSA) is 48.5 Å². The number of carbonyl (C=O) groups excluding carboxylic acids is 1. The second kappa shape index (κ2) is 10.5. The number of fused-ring (bicyclic) bond motifs is 1. The molecule has 1 aliphatic heterocycles. The molecule has 1 aromatic heterocycles. The molecule has 1 fully saturated rings. The number of hydrogen-bond donors (Lipinski definition) is 1. The van der Waals surface area contributed by atoms with Crippen molar-refractivity contribution in [2.75, 3.05) is 44.2 Å². The van der Waals surface area contributed by atoms with Crippen molar-refractivity contribution >= 4 is 33.3 Å². The summed E-state index contributed by atoms with van der Waals surface area (Å²) in [5, 5.41) is 4.30. The van der Waals surface area contributed by atoms with E-state index in [1.807, 2.05) is 30.3 Å². The lowest BCUT2D eigenvalue weighted by Crippen LogP contribution is -2.46. The van der Waals surface area contributed by atoms with Crippen LogP contribution in [0.2, 0.25) is 0 Å². The zero-order chi connectivity index (χ0) is 20.6. The van der Waals surface area contributed by atoms with E-state index in [2.05, 4.69) is 39.4 Å². The van der Waals surface area contributed by atoms with Crippen molar-refractivity contribution in [3.05, 3.63) is 60.2 Å². The van der Waals surface area contributed by atoms with E-state index in [1.54, 1.807) is 11.5 Å². The summed E-state index contributed by atoms with van der Waals surface area (Å²) >= 11 is 1.60. The largest absolute Gasteiger partial charge is 0.353 e. The van der Waals surface area contributed by atoms with Crippen molar-refractivity contribution in [1.82, 2.24) is 14.6 Å². The Labute approximate surface area is 182 Å². The van der Waals surface area contributed by atoms with Gasteiger partial charge in [-0.05, 0) is 55.2 Å². The first kappa shape index (κ1) is 20.8. The van der Waals surface area contributed by atoms with Crippen LogP contribution in [0.1, 0.15) is 36.0 Å². The van der Waals surface area contributed by atoms with Gasteiger partial charge in [-0.1, -0.05) is 43.2 Å². The molecule has 0 bridgehead atoms. The molecule has 4 rings (SSSR count). The molecule has 1 saturated heterocycles. The minimum atomic E-state index is 0.0290. The molecule has 0 aliphatic carbocycles. The number of amides is 1. The molecule has 0 atom stereocenters. The molecule has 0 radical (unpaired) electrons. The van der Waals surface area contributed by atoms with E-state index >= 15 is 0 Å². The van der Waals surface area contributed by atoms with Crippen LogP contribution in [0.3, 0.4) is 0 Å². The molecule has 2 aromatic carbocycles. The first-order valence-corrected chi connectivity index (χ1v) is 11.7. The van der Waals surface area contributed by atoms with E-state index in [4.69, 9.17) is 4.37 Å². The summed E-state index contributed by atoms with van der Waals surface area (Å²) in [7, 11) is 0. The number of unbranched alkanes of at least 4 members (excludes halogenated alkanes) is 3.